The second-order valence-corrected chi connectivity index (χ2v) is 10.7. The summed E-state index contributed by atoms with van der Waals surface area (Å²) >= 11 is 0. The molecule has 0 unspecified atom stereocenters. The van der Waals surface area contributed by atoms with Crippen LogP contribution in [0.15, 0.2) is 30.3 Å². The predicted molar refractivity (Wildman–Crippen MR) is 149 cm³/mol. The number of nitrogens with one attached hydrogen (secondary N) is 1. The molecular weight excluding hydrogens is 501 g/mol. The average molecular weight is 544 g/mol. The molecule has 8 nitrogen and oxygen atoms in total. The van der Waals surface area contributed by atoms with Crippen molar-refractivity contribution in [2.24, 2.45) is 0 Å². The Balaban J connectivity index is 1.52. The maximum Gasteiger partial charge on any atom is 0.416 e. The summed E-state index contributed by atoms with van der Waals surface area (Å²) in [5.74, 6) is 0.0837. The second-order valence-electron chi connectivity index (χ2n) is 10.7. The van der Waals surface area contributed by atoms with E-state index in [1.165, 1.54) is 13.2 Å². The largest absolute Gasteiger partial charge is 0.494 e. The highest BCUT2D eigenvalue weighted by atomic mass is 19.1. The number of carbonyl (C=O) groups excluding carboxylic acids is 2. The Bertz CT molecular complexity index is 1120. The van der Waals surface area contributed by atoms with Crippen molar-refractivity contribution < 1.29 is 28.2 Å². The first kappa shape index (κ1) is 30.3. The monoisotopic (exact) mass is 543 g/mol. The van der Waals surface area contributed by atoms with Gasteiger partial charge < -0.3 is 19.5 Å². The summed E-state index contributed by atoms with van der Waals surface area (Å²) in [4.78, 5) is 31.3. The molecule has 0 aliphatic carbocycles. The number of ether oxygens (including phenoxy) is 3. The van der Waals surface area contributed by atoms with Crippen LogP contribution in [0.5, 0.6) is 5.75 Å². The SMILES string of the molecule is CCOC(=O)C[C@H](NCCCCCc1ccc2c(n1)N(C(=O)OC(C)(C)C)CCC2)c1ccc(OC)c(F)c1. The Hall–Kier alpha value is -3.20. The molecule has 1 aromatic carbocycles. The fourth-order valence-electron chi connectivity index (χ4n) is 4.59. The normalized spacial score (nSPS) is 13.9. The number of fused-ring (bicyclic) bond motifs is 1. The molecular formula is C30H42FN3O5. The summed E-state index contributed by atoms with van der Waals surface area (Å²) in [7, 11) is 1.42. The lowest BCUT2D eigenvalue weighted by molar-refractivity contribution is -0.143. The van der Waals surface area contributed by atoms with E-state index in [1.54, 1.807) is 24.0 Å². The summed E-state index contributed by atoms with van der Waals surface area (Å²) in [5, 5.41) is 3.38. The molecule has 0 spiro atoms. The summed E-state index contributed by atoms with van der Waals surface area (Å²) in [6.07, 6.45) is 5.11. The van der Waals surface area contributed by atoms with Crippen LogP contribution in [-0.4, -0.2) is 49.5 Å². The smallest absolute Gasteiger partial charge is 0.416 e. The number of amides is 1. The Kier molecular flexibility index (Phi) is 11.1. The Labute approximate surface area is 231 Å². The van der Waals surface area contributed by atoms with Gasteiger partial charge in [0.15, 0.2) is 11.6 Å². The van der Waals surface area contributed by atoms with Crippen LogP contribution in [0.2, 0.25) is 0 Å². The molecule has 3 rings (SSSR count). The number of halogens is 1. The number of hydrogen-bond donors (Lipinski definition) is 1. The number of aryl methyl sites for hydroxylation is 2. The summed E-state index contributed by atoms with van der Waals surface area (Å²) in [6, 6.07) is 8.50. The molecule has 1 aromatic heterocycles. The predicted octanol–water partition coefficient (Wildman–Crippen LogP) is 5.91. The van der Waals surface area contributed by atoms with E-state index < -0.39 is 11.4 Å². The van der Waals surface area contributed by atoms with E-state index in [0.717, 1.165) is 49.8 Å². The Morgan fingerprint density at radius 1 is 1.15 bits per heavy atom. The number of pyridine rings is 1. The maximum absolute atomic E-state index is 14.3. The molecule has 39 heavy (non-hydrogen) atoms. The molecule has 0 saturated heterocycles. The van der Waals surface area contributed by atoms with Gasteiger partial charge in [-0.2, -0.15) is 0 Å². The number of unbranched alkanes of at least 4 members (excludes halogenated alkanes) is 2. The van der Waals surface area contributed by atoms with Crippen molar-refractivity contribution in [3.8, 4) is 5.75 Å². The minimum atomic E-state index is -0.558. The van der Waals surface area contributed by atoms with Crippen LogP contribution in [0.3, 0.4) is 0 Å². The zero-order chi connectivity index (χ0) is 28.4. The van der Waals surface area contributed by atoms with Gasteiger partial charge in [0.1, 0.15) is 11.4 Å². The van der Waals surface area contributed by atoms with Crippen molar-refractivity contribution in [2.45, 2.75) is 84.3 Å². The van der Waals surface area contributed by atoms with E-state index in [-0.39, 0.29) is 30.3 Å². The molecule has 1 amide bonds. The maximum atomic E-state index is 14.3. The number of aromatic nitrogens is 1. The minimum Gasteiger partial charge on any atom is -0.494 e. The summed E-state index contributed by atoms with van der Waals surface area (Å²) in [6.45, 7) is 8.93. The van der Waals surface area contributed by atoms with Crippen LogP contribution in [0.25, 0.3) is 0 Å². The lowest BCUT2D eigenvalue weighted by Crippen LogP contribution is -2.40. The van der Waals surface area contributed by atoms with Crippen LogP contribution < -0.4 is 15.0 Å². The molecule has 0 fully saturated rings. The number of carbonyl (C=O) groups is 2. The third kappa shape index (κ3) is 9.20. The van der Waals surface area contributed by atoms with Crippen molar-refractivity contribution in [3.63, 3.8) is 0 Å². The molecule has 1 aliphatic heterocycles. The Morgan fingerprint density at radius 2 is 1.95 bits per heavy atom. The molecule has 9 heteroatoms. The molecule has 1 atom stereocenters. The highest BCUT2D eigenvalue weighted by molar-refractivity contribution is 5.88. The van der Waals surface area contributed by atoms with Gasteiger partial charge in [0.25, 0.3) is 0 Å². The van der Waals surface area contributed by atoms with Gasteiger partial charge in [0, 0.05) is 18.3 Å². The lowest BCUT2D eigenvalue weighted by atomic mass is 10.0. The third-order valence-corrected chi connectivity index (χ3v) is 6.47. The lowest BCUT2D eigenvalue weighted by Gasteiger charge is -2.31. The number of methoxy groups -OCH3 is 1. The Morgan fingerprint density at radius 3 is 2.64 bits per heavy atom. The van der Waals surface area contributed by atoms with Gasteiger partial charge >= 0.3 is 12.1 Å². The van der Waals surface area contributed by atoms with Crippen molar-refractivity contribution >= 4 is 17.9 Å². The number of benzene rings is 1. The van der Waals surface area contributed by atoms with Gasteiger partial charge in [-0.05, 0) is 95.7 Å². The molecule has 2 heterocycles. The van der Waals surface area contributed by atoms with E-state index in [2.05, 4.69) is 11.4 Å². The first-order valence-corrected chi connectivity index (χ1v) is 13.8. The van der Waals surface area contributed by atoms with Crippen molar-refractivity contribution in [1.29, 1.82) is 0 Å². The van der Waals surface area contributed by atoms with Crippen LogP contribution in [0.1, 0.15) is 82.7 Å². The zero-order valence-electron chi connectivity index (χ0n) is 23.8. The fraction of sp³-hybridized carbons (Fsp3) is 0.567. The number of rotatable bonds is 12. The number of hydrogen-bond acceptors (Lipinski definition) is 7. The zero-order valence-corrected chi connectivity index (χ0v) is 23.8. The van der Waals surface area contributed by atoms with Gasteiger partial charge in [0.2, 0.25) is 0 Å². The quantitative estimate of drug-likeness (QED) is 0.263. The highest BCUT2D eigenvalue weighted by Crippen LogP contribution is 2.28. The number of nitrogens with zero attached hydrogens (tertiary/aromatic N) is 2. The molecule has 2 aromatic rings. The van der Waals surface area contributed by atoms with Gasteiger partial charge in [0.05, 0.1) is 20.1 Å². The molecule has 0 radical (unpaired) electrons. The van der Waals surface area contributed by atoms with E-state index >= 15 is 0 Å². The van der Waals surface area contributed by atoms with E-state index in [4.69, 9.17) is 19.2 Å². The molecule has 1 aliphatic rings. The average Bonchev–Trinajstić information content (AvgIpc) is 2.88. The first-order valence-electron chi connectivity index (χ1n) is 13.8. The van der Waals surface area contributed by atoms with Crippen LogP contribution >= 0.6 is 0 Å². The van der Waals surface area contributed by atoms with E-state index in [9.17, 15) is 14.0 Å². The van der Waals surface area contributed by atoms with E-state index in [0.29, 0.717) is 31.1 Å². The van der Waals surface area contributed by atoms with Crippen molar-refractivity contribution in [2.75, 3.05) is 31.7 Å². The standard InChI is InChI=1S/C30H42FN3O5/c1-6-38-27(35)20-25(22-14-16-26(37-5)24(31)19-22)32-17-9-7-8-12-23-15-13-21-11-10-18-34(28(21)33-23)29(36)39-30(2,3)4/h13-16,19,25,32H,6-12,17-18,20H2,1-5H3/t25-/m0/s1. The van der Waals surface area contributed by atoms with Crippen LogP contribution in [0, 0.1) is 5.82 Å². The number of anilines is 1. The van der Waals surface area contributed by atoms with E-state index in [1.807, 2.05) is 26.8 Å². The molecule has 214 valence electrons. The molecule has 0 bridgehead atoms. The molecule has 0 saturated carbocycles. The van der Waals surface area contributed by atoms with Crippen LogP contribution in [-0.2, 0) is 27.1 Å². The first-order chi connectivity index (χ1) is 18.6. The van der Waals surface area contributed by atoms with Crippen LogP contribution in [0.4, 0.5) is 15.0 Å². The summed E-state index contributed by atoms with van der Waals surface area (Å²) < 4.78 is 30.0. The van der Waals surface area contributed by atoms with Gasteiger partial charge in [-0.1, -0.05) is 18.6 Å². The number of esters is 1. The molecule has 1 N–H and O–H groups in total. The fourth-order valence-corrected chi connectivity index (χ4v) is 4.59. The van der Waals surface area contributed by atoms with Crippen molar-refractivity contribution in [1.82, 2.24) is 10.3 Å². The van der Waals surface area contributed by atoms with Gasteiger partial charge in [-0.3, -0.25) is 9.69 Å². The van der Waals surface area contributed by atoms with Crippen molar-refractivity contribution in [3.05, 3.63) is 53.0 Å². The second kappa shape index (κ2) is 14.3. The van der Waals surface area contributed by atoms with Gasteiger partial charge in [-0.25, -0.2) is 14.2 Å². The van der Waals surface area contributed by atoms with Gasteiger partial charge in [-0.15, -0.1) is 0 Å². The highest BCUT2D eigenvalue weighted by Gasteiger charge is 2.28. The third-order valence-electron chi connectivity index (χ3n) is 6.47. The summed E-state index contributed by atoms with van der Waals surface area (Å²) in [5.41, 5.74) is 2.14. The topological polar surface area (TPSA) is 90.0 Å². The minimum absolute atomic E-state index is 0.118.